The van der Waals surface area contributed by atoms with Crippen molar-refractivity contribution >= 4 is 23.6 Å². The Kier molecular flexibility index (Phi) is 6.41. The maximum atomic E-state index is 13.1. The van der Waals surface area contributed by atoms with E-state index in [1.807, 2.05) is 6.92 Å². The van der Waals surface area contributed by atoms with Gasteiger partial charge >= 0.3 is 5.97 Å². The third-order valence-corrected chi connectivity index (χ3v) is 5.42. The number of carboxylic acids is 1. The van der Waals surface area contributed by atoms with Gasteiger partial charge in [0.15, 0.2) is 11.5 Å². The van der Waals surface area contributed by atoms with Crippen LogP contribution in [-0.4, -0.2) is 60.4 Å². The normalized spacial score (nSPS) is 19.6. The summed E-state index contributed by atoms with van der Waals surface area (Å²) in [6.45, 7) is 2.01. The molecule has 1 saturated heterocycles. The lowest BCUT2D eigenvalue weighted by atomic mass is 10.1. The van der Waals surface area contributed by atoms with Gasteiger partial charge in [-0.05, 0) is 18.6 Å². The number of amides is 1. The number of carbonyl (C=O) groups excluding carboxylic acids is 1. The molecule has 2 atom stereocenters. The minimum atomic E-state index is -0.994. The first-order chi connectivity index (χ1) is 12.0. The lowest BCUT2D eigenvalue weighted by Crippen LogP contribution is -2.45. The number of ether oxygens (including phenoxy) is 3. The molecule has 2 rings (SSSR count). The molecule has 1 aliphatic heterocycles. The van der Waals surface area contributed by atoms with E-state index in [1.54, 1.807) is 12.1 Å². The highest BCUT2D eigenvalue weighted by Crippen LogP contribution is 2.40. The number of methoxy groups -OCH3 is 3. The number of carbonyl (C=O) groups is 2. The second-order valence-electron chi connectivity index (χ2n) is 5.56. The third kappa shape index (κ3) is 3.78. The molecule has 0 aromatic heterocycles. The molecule has 25 heavy (non-hydrogen) atoms. The van der Waals surface area contributed by atoms with Crippen LogP contribution in [0.15, 0.2) is 12.1 Å². The maximum Gasteiger partial charge on any atom is 0.327 e. The third-order valence-electron chi connectivity index (χ3n) is 4.06. The molecule has 138 valence electrons. The number of hydrogen-bond acceptors (Lipinski definition) is 6. The first-order valence-electron chi connectivity index (χ1n) is 7.95. The monoisotopic (exact) mass is 369 g/mol. The number of hydrogen-bond donors (Lipinski definition) is 1. The summed E-state index contributed by atoms with van der Waals surface area (Å²) in [6, 6.07) is 2.26. The Morgan fingerprint density at radius 3 is 2.24 bits per heavy atom. The number of benzene rings is 1. The highest BCUT2D eigenvalue weighted by molar-refractivity contribution is 8.00. The van der Waals surface area contributed by atoms with Gasteiger partial charge in [-0.3, -0.25) is 4.79 Å². The fourth-order valence-electron chi connectivity index (χ4n) is 2.85. The van der Waals surface area contributed by atoms with Gasteiger partial charge in [-0.25, -0.2) is 4.79 Å². The van der Waals surface area contributed by atoms with Crippen molar-refractivity contribution in [3.63, 3.8) is 0 Å². The summed E-state index contributed by atoms with van der Waals surface area (Å²) in [7, 11) is 4.42. The van der Waals surface area contributed by atoms with Gasteiger partial charge in [0.1, 0.15) is 6.04 Å². The minimum Gasteiger partial charge on any atom is -0.493 e. The van der Waals surface area contributed by atoms with Crippen molar-refractivity contribution in [1.82, 2.24) is 4.90 Å². The van der Waals surface area contributed by atoms with Crippen molar-refractivity contribution in [1.29, 1.82) is 0 Å². The molecule has 1 amide bonds. The van der Waals surface area contributed by atoms with Gasteiger partial charge in [-0.1, -0.05) is 13.3 Å². The van der Waals surface area contributed by atoms with Gasteiger partial charge in [0, 0.05) is 11.3 Å². The smallest absolute Gasteiger partial charge is 0.327 e. The minimum absolute atomic E-state index is 0.155. The van der Waals surface area contributed by atoms with Crippen LogP contribution >= 0.6 is 11.8 Å². The van der Waals surface area contributed by atoms with E-state index in [0.717, 1.165) is 12.8 Å². The zero-order valence-electron chi connectivity index (χ0n) is 14.8. The molecule has 1 N–H and O–H groups in total. The van der Waals surface area contributed by atoms with E-state index in [9.17, 15) is 14.7 Å². The fraction of sp³-hybridized carbons (Fsp3) is 0.529. The van der Waals surface area contributed by atoms with Crippen LogP contribution in [0.5, 0.6) is 17.2 Å². The van der Waals surface area contributed by atoms with Crippen LogP contribution in [0.3, 0.4) is 0 Å². The zero-order valence-corrected chi connectivity index (χ0v) is 15.6. The number of rotatable bonds is 7. The zero-order chi connectivity index (χ0) is 18.6. The Labute approximate surface area is 151 Å². The number of thioether (sulfide) groups is 1. The van der Waals surface area contributed by atoms with Crippen LogP contribution < -0.4 is 14.2 Å². The number of carboxylic acid groups (broad SMARTS) is 1. The molecule has 0 spiro atoms. The first-order valence-corrected chi connectivity index (χ1v) is 9.00. The van der Waals surface area contributed by atoms with Crippen LogP contribution in [0.2, 0.25) is 0 Å². The SMILES string of the molecule is CCC[C@H]1SC[C@H](C(=O)O)N1C(=O)c1cc(OC)c(OC)c(OC)c1. The Morgan fingerprint density at radius 2 is 1.80 bits per heavy atom. The molecule has 1 heterocycles. The average molecular weight is 369 g/mol. The molecule has 8 heteroatoms. The van der Waals surface area contributed by atoms with Crippen LogP contribution in [-0.2, 0) is 4.79 Å². The van der Waals surface area contributed by atoms with Crippen molar-refractivity contribution < 1.29 is 28.9 Å². The molecule has 0 unspecified atom stereocenters. The summed E-state index contributed by atoms with van der Waals surface area (Å²) in [6.07, 6.45) is 1.60. The second-order valence-corrected chi connectivity index (χ2v) is 6.77. The van der Waals surface area contributed by atoms with Crippen molar-refractivity contribution in [3.05, 3.63) is 17.7 Å². The van der Waals surface area contributed by atoms with E-state index in [4.69, 9.17) is 14.2 Å². The second kappa shape index (κ2) is 8.33. The van der Waals surface area contributed by atoms with Crippen LogP contribution in [0.4, 0.5) is 0 Å². The molecule has 1 aliphatic rings. The van der Waals surface area contributed by atoms with E-state index >= 15 is 0 Å². The number of aliphatic carboxylic acids is 1. The van der Waals surface area contributed by atoms with E-state index < -0.39 is 12.0 Å². The van der Waals surface area contributed by atoms with E-state index in [0.29, 0.717) is 28.6 Å². The Bertz CT molecular complexity index is 625. The summed E-state index contributed by atoms with van der Waals surface area (Å²) in [5.74, 6) is 0.141. The van der Waals surface area contributed by atoms with Gasteiger partial charge < -0.3 is 24.2 Å². The van der Waals surface area contributed by atoms with E-state index in [-0.39, 0.29) is 11.3 Å². The van der Waals surface area contributed by atoms with Gasteiger partial charge in [-0.15, -0.1) is 11.8 Å². The molecule has 0 aliphatic carbocycles. The summed E-state index contributed by atoms with van der Waals surface area (Å²) < 4.78 is 15.8. The number of nitrogens with zero attached hydrogens (tertiary/aromatic N) is 1. The van der Waals surface area contributed by atoms with Crippen molar-refractivity contribution in [3.8, 4) is 17.2 Å². The molecule has 1 fully saturated rings. The van der Waals surface area contributed by atoms with Gasteiger partial charge in [-0.2, -0.15) is 0 Å². The van der Waals surface area contributed by atoms with Crippen molar-refractivity contribution in [2.45, 2.75) is 31.2 Å². The predicted molar refractivity (Wildman–Crippen MR) is 94.8 cm³/mol. The molecule has 0 bridgehead atoms. The standard InChI is InChI=1S/C17H23NO6S/c1-5-6-14-18(11(9-25-14)17(20)21)16(19)10-7-12(22-2)15(24-4)13(8-10)23-3/h7-8,11,14H,5-6,9H2,1-4H3,(H,20,21)/t11-,14-/m1/s1. The Balaban J connectivity index is 2.44. The van der Waals surface area contributed by atoms with Crippen LogP contribution in [0.1, 0.15) is 30.1 Å². The lowest BCUT2D eigenvalue weighted by molar-refractivity contribution is -0.141. The van der Waals surface area contributed by atoms with E-state index in [1.165, 1.54) is 38.0 Å². The van der Waals surface area contributed by atoms with Gasteiger partial charge in [0.2, 0.25) is 5.75 Å². The molecule has 0 radical (unpaired) electrons. The molecule has 7 nitrogen and oxygen atoms in total. The largest absolute Gasteiger partial charge is 0.493 e. The molecule has 1 aromatic carbocycles. The van der Waals surface area contributed by atoms with Crippen molar-refractivity contribution in [2.75, 3.05) is 27.1 Å². The highest BCUT2D eigenvalue weighted by atomic mass is 32.2. The average Bonchev–Trinajstić information content (AvgIpc) is 3.03. The maximum absolute atomic E-state index is 13.1. The lowest BCUT2D eigenvalue weighted by Gasteiger charge is -2.27. The van der Waals surface area contributed by atoms with Crippen LogP contribution in [0.25, 0.3) is 0 Å². The van der Waals surface area contributed by atoms with E-state index in [2.05, 4.69) is 0 Å². The molecule has 0 saturated carbocycles. The van der Waals surface area contributed by atoms with Crippen molar-refractivity contribution in [2.24, 2.45) is 0 Å². The van der Waals surface area contributed by atoms with Crippen LogP contribution in [0, 0.1) is 0 Å². The Morgan fingerprint density at radius 1 is 1.20 bits per heavy atom. The summed E-state index contributed by atoms with van der Waals surface area (Å²) in [5.41, 5.74) is 0.310. The summed E-state index contributed by atoms with van der Waals surface area (Å²) in [4.78, 5) is 26.1. The summed E-state index contributed by atoms with van der Waals surface area (Å²) >= 11 is 1.50. The fourth-order valence-corrected chi connectivity index (χ4v) is 4.36. The van der Waals surface area contributed by atoms with Gasteiger partial charge in [0.05, 0.1) is 26.7 Å². The first kappa shape index (κ1) is 19.2. The highest BCUT2D eigenvalue weighted by Gasteiger charge is 2.41. The Hall–Kier alpha value is -2.09. The molecule has 1 aromatic rings. The summed E-state index contributed by atoms with van der Waals surface area (Å²) in [5, 5.41) is 9.32. The molecular weight excluding hydrogens is 346 g/mol. The molecular formula is C17H23NO6S. The quantitative estimate of drug-likeness (QED) is 0.790. The topological polar surface area (TPSA) is 85.3 Å². The van der Waals surface area contributed by atoms with Gasteiger partial charge in [0.25, 0.3) is 5.91 Å². The predicted octanol–water partition coefficient (Wildman–Crippen LogP) is 2.48.